The first-order valence-electron chi connectivity index (χ1n) is 13.0. The van der Waals surface area contributed by atoms with Gasteiger partial charge in [0.05, 0.1) is 24.3 Å². The molecule has 1 amide bonds. The highest BCUT2D eigenvalue weighted by molar-refractivity contribution is 7.16. The van der Waals surface area contributed by atoms with Gasteiger partial charge in [0.15, 0.2) is 11.5 Å². The van der Waals surface area contributed by atoms with Gasteiger partial charge in [-0.1, -0.05) is 48.5 Å². The molecule has 7 heteroatoms. The smallest absolute Gasteiger partial charge is 0.254 e. The number of rotatable bonds is 9. The van der Waals surface area contributed by atoms with Crippen molar-refractivity contribution in [2.45, 2.75) is 38.8 Å². The van der Waals surface area contributed by atoms with Gasteiger partial charge in [-0.25, -0.2) is 4.99 Å². The molecule has 4 aromatic rings. The lowest BCUT2D eigenvalue weighted by Gasteiger charge is -2.13. The zero-order valence-electron chi connectivity index (χ0n) is 21.8. The summed E-state index contributed by atoms with van der Waals surface area (Å²) in [5, 5.41) is 13.2. The molecule has 1 aliphatic carbocycles. The number of hydrogen-bond acceptors (Lipinski definition) is 6. The van der Waals surface area contributed by atoms with Crippen LogP contribution in [0.5, 0.6) is 11.5 Å². The first kappa shape index (κ1) is 26.2. The van der Waals surface area contributed by atoms with Crippen LogP contribution in [0.25, 0.3) is 0 Å². The zero-order valence-corrected chi connectivity index (χ0v) is 22.6. The Labute approximate surface area is 232 Å². The summed E-state index contributed by atoms with van der Waals surface area (Å²) in [5.41, 5.74) is 5.13. The second-order valence-corrected chi connectivity index (χ2v) is 10.4. The van der Waals surface area contributed by atoms with Gasteiger partial charge < -0.3 is 14.8 Å². The third-order valence-corrected chi connectivity index (χ3v) is 7.92. The number of carbonyl (C=O) groups is 1. The summed E-state index contributed by atoms with van der Waals surface area (Å²) in [4.78, 5) is 19.4. The number of carbonyl (C=O) groups excluding carboxylic acids is 1. The maximum atomic E-state index is 13.3. The molecule has 6 nitrogen and oxygen atoms in total. The fourth-order valence-electron chi connectivity index (χ4n) is 4.67. The lowest BCUT2D eigenvalue weighted by molar-refractivity contribution is 0.0951. The van der Waals surface area contributed by atoms with Crippen molar-refractivity contribution < 1.29 is 14.3 Å². The summed E-state index contributed by atoms with van der Waals surface area (Å²) < 4.78 is 11.5. The minimum absolute atomic E-state index is 0.0793. The number of methoxy groups -OCH3 is 1. The predicted molar refractivity (Wildman–Crippen MR) is 154 cm³/mol. The van der Waals surface area contributed by atoms with Crippen molar-refractivity contribution >= 4 is 28.5 Å². The second kappa shape index (κ2) is 12.4. The van der Waals surface area contributed by atoms with Crippen molar-refractivity contribution in [1.82, 2.24) is 5.32 Å². The molecule has 3 aromatic carbocycles. The molecule has 0 radical (unpaired) electrons. The van der Waals surface area contributed by atoms with E-state index in [2.05, 4.69) is 11.4 Å². The molecule has 1 aliphatic rings. The molecule has 0 unspecified atom stereocenters. The van der Waals surface area contributed by atoms with E-state index in [9.17, 15) is 10.1 Å². The number of nitrogens with zero attached hydrogens (tertiary/aromatic N) is 2. The zero-order chi connectivity index (χ0) is 27.0. The molecule has 0 atom stereocenters. The number of nitrogens with one attached hydrogen (secondary N) is 1. The molecule has 196 valence electrons. The lowest BCUT2D eigenvalue weighted by atomic mass is 9.95. The van der Waals surface area contributed by atoms with Gasteiger partial charge in [0.1, 0.15) is 11.6 Å². The van der Waals surface area contributed by atoms with Crippen LogP contribution in [-0.4, -0.2) is 19.2 Å². The van der Waals surface area contributed by atoms with E-state index in [0.717, 1.165) is 52.9 Å². The number of aliphatic imine (C=N–C) groups is 1. The maximum Gasteiger partial charge on any atom is 0.254 e. The fourth-order valence-corrected chi connectivity index (χ4v) is 5.90. The van der Waals surface area contributed by atoms with Gasteiger partial charge in [0.2, 0.25) is 0 Å². The molecule has 0 spiro atoms. The van der Waals surface area contributed by atoms with E-state index in [1.165, 1.54) is 4.88 Å². The van der Waals surface area contributed by atoms with E-state index in [4.69, 9.17) is 14.5 Å². The molecule has 0 saturated carbocycles. The third kappa shape index (κ3) is 6.19. The largest absolute Gasteiger partial charge is 0.493 e. The summed E-state index contributed by atoms with van der Waals surface area (Å²) in [6.07, 6.45) is 5.89. The van der Waals surface area contributed by atoms with E-state index in [1.54, 1.807) is 30.7 Å². The molecular weight excluding hydrogens is 506 g/mol. The maximum absolute atomic E-state index is 13.3. The normalized spacial score (nSPS) is 12.5. The molecule has 1 aromatic heterocycles. The van der Waals surface area contributed by atoms with Gasteiger partial charge in [-0.2, -0.15) is 5.26 Å². The minimum atomic E-state index is -0.0793. The number of nitriles is 1. The Bertz CT molecular complexity index is 1540. The first-order valence-corrected chi connectivity index (χ1v) is 13.8. The number of hydrogen-bond donors (Lipinski definition) is 1. The van der Waals surface area contributed by atoms with E-state index in [-0.39, 0.29) is 12.5 Å². The third-order valence-electron chi connectivity index (χ3n) is 6.72. The Hall–Kier alpha value is -4.41. The van der Waals surface area contributed by atoms with Crippen LogP contribution in [0.4, 0.5) is 5.00 Å². The van der Waals surface area contributed by atoms with E-state index < -0.39 is 0 Å². The van der Waals surface area contributed by atoms with Crippen molar-refractivity contribution in [3.8, 4) is 17.6 Å². The van der Waals surface area contributed by atoms with Crippen LogP contribution in [-0.2, 0) is 26.0 Å². The van der Waals surface area contributed by atoms with Crippen LogP contribution in [0.15, 0.2) is 77.8 Å². The fraction of sp³-hybridized carbons (Fsp3) is 0.219. The number of benzene rings is 3. The van der Waals surface area contributed by atoms with Gasteiger partial charge >= 0.3 is 0 Å². The number of aryl methyl sites for hydroxylation is 1. The molecule has 1 heterocycles. The number of amides is 1. The van der Waals surface area contributed by atoms with Gasteiger partial charge in [-0.3, -0.25) is 4.79 Å². The minimum Gasteiger partial charge on any atom is -0.493 e. The van der Waals surface area contributed by atoms with Crippen molar-refractivity contribution in [3.05, 3.63) is 111 Å². The summed E-state index contributed by atoms with van der Waals surface area (Å²) in [7, 11) is 1.59. The summed E-state index contributed by atoms with van der Waals surface area (Å²) in [6, 6.07) is 25.1. The number of thiophene rings is 1. The average molecular weight is 536 g/mol. The standard InChI is InChI=1S/C32H29N3O3S/c1-37-28-17-23(15-16-27(28)38-21-25-12-6-5-11-24(25)18-33)20-35-32-30(26-13-7-8-14-29(26)39-32)31(36)34-19-22-9-3-2-4-10-22/h2-6,9-12,15-17,20H,7-8,13-14,19,21H2,1H3,(H,34,36). The van der Waals surface area contributed by atoms with Gasteiger partial charge in [-0.05, 0) is 66.6 Å². The summed E-state index contributed by atoms with van der Waals surface area (Å²) >= 11 is 1.61. The van der Waals surface area contributed by atoms with Crippen LogP contribution in [0.2, 0.25) is 0 Å². The molecule has 0 saturated heterocycles. The van der Waals surface area contributed by atoms with Gasteiger partial charge in [-0.15, -0.1) is 11.3 Å². The Morgan fingerprint density at radius 3 is 2.67 bits per heavy atom. The average Bonchev–Trinajstić information content (AvgIpc) is 3.37. The van der Waals surface area contributed by atoms with Crippen LogP contribution < -0.4 is 14.8 Å². The number of fused-ring (bicyclic) bond motifs is 1. The first-order chi connectivity index (χ1) is 19.2. The quantitative estimate of drug-likeness (QED) is 0.240. The predicted octanol–water partition coefficient (Wildman–Crippen LogP) is 6.77. The molecule has 39 heavy (non-hydrogen) atoms. The highest BCUT2D eigenvalue weighted by Gasteiger charge is 2.25. The van der Waals surface area contributed by atoms with Gasteiger partial charge in [0.25, 0.3) is 5.91 Å². The van der Waals surface area contributed by atoms with Crippen LogP contribution >= 0.6 is 11.3 Å². The topological polar surface area (TPSA) is 83.7 Å². The van der Waals surface area contributed by atoms with Crippen LogP contribution in [0, 0.1) is 11.3 Å². The molecule has 0 aliphatic heterocycles. The molecular formula is C32H29N3O3S. The van der Waals surface area contributed by atoms with Crippen LogP contribution in [0.3, 0.4) is 0 Å². The SMILES string of the molecule is COc1cc(C=Nc2sc3c(c2C(=O)NCc2ccccc2)CCCC3)ccc1OCc1ccccc1C#N. The molecule has 0 bridgehead atoms. The van der Waals surface area contributed by atoms with E-state index in [0.29, 0.717) is 29.2 Å². The molecule has 5 rings (SSSR count). The van der Waals surface area contributed by atoms with Crippen molar-refractivity contribution in [3.63, 3.8) is 0 Å². The highest BCUT2D eigenvalue weighted by atomic mass is 32.1. The Morgan fingerprint density at radius 1 is 1.05 bits per heavy atom. The highest BCUT2D eigenvalue weighted by Crippen LogP contribution is 2.40. The summed E-state index contributed by atoms with van der Waals surface area (Å²) in [5.74, 6) is 1.07. The Kier molecular flexibility index (Phi) is 8.35. The van der Waals surface area contributed by atoms with Crippen LogP contribution in [0.1, 0.15) is 55.9 Å². The van der Waals surface area contributed by atoms with E-state index in [1.807, 2.05) is 66.7 Å². The molecule has 1 N–H and O–H groups in total. The van der Waals surface area contributed by atoms with Crippen molar-refractivity contribution in [2.75, 3.05) is 7.11 Å². The molecule has 0 fully saturated rings. The Balaban J connectivity index is 1.35. The van der Waals surface area contributed by atoms with Crippen molar-refractivity contribution in [2.24, 2.45) is 4.99 Å². The monoisotopic (exact) mass is 535 g/mol. The Morgan fingerprint density at radius 2 is 1.85 bits per heavy atom. The lowest BCUT2D eigenvalue weighted by Crippen LogP contribution is -2.24. The van der Waals surface area contributed by atoms with E-state index >= 15 is 0 Å². The van der Waals surface area contributed by atoms with Gasteiger partial charge in [0, 0.05) is 23.2 Å². The number of ether oxygens (including phenoxy) is 2. The summed E-state index contributed by atoms with van der Waals surface area (Å²) in [6.45, 7) is 0.737. The second-order valence-electron chi connectivity index (χ2n) is 9.29. The van der Waals surface area contributed by atoms with Crippen molar-refractivity contribution in [1.29, 1.82) is 5.26 Å².